The molecule has 0 unspecified atom stereocenters. The molecular weight excluding hydrogens is 333 g/mol. The molecule has 0 saturated heterocycles. The second-order valence-electron chi connectivity index (χ2n) is 5.91. The molecule has 0 aliphatic heterocycles. The SMILES string of the molecule is CC(C)(C)c1ccc(NC(=O)c2ccc(F)cc2Br)cc1. The van der Waals surface area contributed by atoms with Gasteiger partial charge in [-0.15, -0.1) is 0 Å². The molecule has 0 heterocycles. The molecular formula is C17H17BrFNO. The van der Waals surface area contributed by atoms with E-state index in [1.54, 1.807) is 0 Å². The van der Waals surface area contributed by atoms with Crippen LogP contribution in [0.1, 0.15) is 36.7 Å². The molecule has 0 radical (unpaired) electrons. The molecule has 1 N–H and O–H groups in total. The molecule has 1 amide bonds. The number of anilines is 1. The van der Waals surface area contributed by atoms with Crippen molar-refractivity contribution in [3.63, 3.8) is 0 Å². The van der Waals surface area contributed by atoms with Gasteiger partial charge in [-0.05, 0) is 57.2 Å². The number of benzene rings is 2. The predicted molar refractivity (Wildman–Crippen MR) is 87.2 cm³/mol. The van der Waals surface area contributed by atoms with Gasteiger partial charge in [0.2, 0.25) is 0 Å². The van der Waals surface area contributed by atoms with Crippen LogP contribution in [0.2, 0.25) is 0 Å². The van der Waals surface area contributed by atoms with Crippen molar-refractivity contribution >= 4 is 27.5 Å². The standard InChI is InChI=1S/C17H17BrFNO/c1-17(2,3)11-4-7-13(8-5-11)20-16(21)14-9-6-12(19)10-15(14)18/h4-10H,1-3H3,(H,20,21). The molecule has 0 aliphatic rings. The molecule has 0 atom stereocenters. The summed E-state index contributed by atoms with van der Waals surface area (Å²) < 4.78 is 13.5. The van der Waals surface area contributed by atoms with Crippen LogP contribution in [0.4, 0.5) is 10.1 Å². The molecule has 0 aliphatic carbocycles. The van der Waals surface area contributed by atoms with Gasteiger partial charge in [0.15, 0.2) is 0 Å². The summed E-state index contributed by atoms with van der Waals surface area (Å²) in [4.78, 5) is 12.2. The van der Waals surface area contributed by atoms with E-state index in [1.807, 2.05) is 24.3 Å². The van der Waals surface area contributed by atoms with Gasteiger partial charge in [-0.2, -0.15) is 0 Å². The van der Waals surface area contributed by atoms with E-state index >= 15 is 0 Å². The Hall–Kier alpha value is -1.68. The van der Waals surface area contributed by atoms with Gasteiger partial charge < -0.3 is 5.32 Å². The summed E-state index contributed by atoms with van der Waals surface area (Å²) in [5.74, 6) is -0.654. The van der Waals surface area contributed by atoms with Crippen molar-refractivity contribution in [2.45, 2.75) is 26.2 Å². The molecule has 2 nitrogen and oxygen atoms in total. The summed E-state index contributed by atoms with van der Waals surface area (Å²) in [6, 6.07) is 11.7. The van der Waals surface area contributed by atoms with E-state index in [1.165, 1.54) is 23.8 Å². The fourth-order valence-corrected chi connectivity index (χ4v) is 2.46. The first-order valence-electron chi connectivity index (χ1n) is 6.64. The van der Waals surface area contributed by atoms with E-state index in [4.69, 9.17) is 0 Å². The van der Waals surface area contributed by atoms with Gasteiger partial charge >= 0.3 is 0 Å². The van der Waals surface area contributed by atoms with Crippen LogP contribution in [0.3, 0.4) is 0 Å². The highest BCUT2D eigenvalue weighted by atomic mass is 79.9. The number of carbonyl (C=O) groups is 1. The summed E-state index contributed by atoms with van der Waals surface area (Å²) in [7, 11) is 0. The molecule has 0 aromatic heterocycles. The maximum absolute atomic E-state index is 13.0. The third-order valence-electron chi connectivity index (χ3n) is 3.18. The zero-order chi connectivity index (χ0) is 15.6. The van der Waals surface area contributed by atoms with Crippen LogP contribution in [0, 0.1) is 5.82 Å². The Morgan fingerprint density at radius 1 is 1.10 bits per heavy atom. The summed E-state index contributed by atoms with van der Waals surface area (Å²) in [5.41, 5.74) is 2.38. The largest absolute Gasteiger partial charge is 0.322 e. The van der Waals surface area contributed by atoms with Crippen LogP contribution in [-0.4, -0.2) is 5.91 Å². The van der Waals surface area contributed by atoms with E-state index in [-0.39, 0.29) is 17.1 Å². The number of hydrogen-bond acceptors (Lipinski definition) is 1. The maximum Gasteiger partial charge on any atom is 0.256 e. The second-order valence-corrected chi connectivity index (χ2v) is 6.76. The number of carbonyl (C=O) groups excluding carboxylic acids is 1. The first-order chi connectivity index (χ1) is 9.77. The summed E-state index contributed by atoms with van der Waals surface area (Å²) in [6.45, 7) is 6.41. The van der Waals surface area contributed by atoms with E-state index in [0.717, 1.165) is 0 Å². The van der Waals surface area contributed by atoms with Crippen molar-refractivity contribution in [2.75, 3.05) is 5.32 Å². The van der Waals surface area contributed by atoms with E-state index in [0.29, 0.717) is 15.7 Å². The second kappa shape index (κ2) is 5.98. The Kier molecular flexibility index (Phi) is 4.47. The molecule has 21 heavy (non-hydrogen) atoms. The lowest BCUT2D eigenvalue weighted by Crippen LogP contribution is -2.14. The number of amides is 1. The minimum atomic E-state index is -0.382. The minimum Gasteiger partial charge on any atom is -0.322 e. The molecule has 2 aromatic carbocycles. The van der Waals surface area contributed by atoms with E-state index < -0.39 is 0 Å². The Labute approximate surface area is 132 Å². The molecule has 4 heteroatoms. The third kappa shape index (κ3) is 3.91. The van der Waals surface area contributed by atoms with E-state index in [9.17, 15) is 9.18 Å². The number of hydrogen-bond donors (Lipinski definition) is 1. The molecule has 0 fully saturated rings. The zero-order valence-corrected chi connectivity index (χ0v) is 13.8. The highest BCUT2D eigenvalue weighted by molar-refractivity contribution is 9.10. The molecule has 2 aromatic rings. The topological polar surface area (TPSA) is 29.1 Å². The fourth-order valence-electron chi connectivity index (χ4n) is 1.93. The average molecular weight is 350 g/mol. The summed E-state index contributed by atoms with van der Waals surface area (Å²) in [5, 5.41) is 2.81. The van der Waals surface area contributed by atoms with Crippen LogP contribution < -0.4 is 5.32 Å². The Morgan fingerprint density at radius 3 is 2.24 bits per heavy atom. The molecule has 2 rings (SSSR count). The van der Waals surface area contributed by atoms with Crippen LogP contribution >= 0.6 is 15.9 Å². The lowest BCUT2D eigenvalue weighted by Gasteiger charge is -2.19. The van der Waals surface area contributed by atoms with Crippen molar-refractivity contribution in [3.05, 3.63) is 63.9 Å². The van der Waals surface area contributed by atoms with Gasteiger partial charge in [0.25, 0.3) is 5.91 Å². The zero-order valence-electron chi connectivity index (χ0n) is 12.2. The number of nitrogens with one attached hydrogen (secondary N) is 1. The third-order valence-corrected chi connectivity index (χ3v) is 3.84. The van der Waals surface area contributed by atoms with Crippen molar-refractivity contribution in [1.82, 2.24) is 0 Å². The van der Waals surface area contributed by atoms with Gasteiger partial charge in [0.1, 0.15) is 5.82 Å². The number of rotatable bonds is 2. The lowest BCUT2D eigenvalue weighted by atomic mass is 9.87. The van der Waals surface area contributed by atoms with Crippen LogP contribution in [0.25, 0.3) is 0 Å². The fraction of sp³-hybridized carbons (Fsp3) is 0.235. The predicted octanol–water partition coefficient (Wildman–Crippen LogP) is 5.14. The van der Waals surface area contributed by atoms with Crippen LogP contribution in [-0.2, 0) is 5.41 Å². The number of halogens is 2. The Bertz CT molecular complexity index is 659. The van der Waals surface area contributed by atoms with Gasteiger partial charge in [0, 0.05) is 10.2 Å². The molecule has 110 valence electrons. The Balaban J connectivity index is 2.16. The van der Waals surface area contributed by atoms with Crippen LogP contribution in [0.5, 0.6) is 0 Å². The van der Waals surface area contributed by atoms with Crippen molar-refractivity contribution < 1.29 is 9.18 Å². The highest BCUT2D eigenvalue weighted by Gasteiger charge is 2.14. The lowest BCUT2D eigenvalue weighted by molar-refractivity contribution is 0.102. The van der Waals surface area contributed by atoms with Gasteiger partial charge in [0.05, 0.1) is 5.56 Å². The highest BCUT2D eigenvalue weighted by Crippen LogP contribution is 2.24. The average Bonchev–Trinajstić information content (AvgIpc) is 2.38. The monoisotopic (exact) mass is 349 g/mol. The summed E-state index contributed by atoms with van der Waals surface area (Å²) in [6.07, 6.45) is 0. The van der Waals surface area contributed by atoms with Gasteiger partial charge in [-0.1, -0.05) is 32.9 Å². The smallest absolute Gasteiger partial charge is 0.256 e. The van der Waals surface area contributed by atoms with Crippen LogP contribution in [0.15, 0.2) is 46.9 Å². The first-order valence-corrected chi connectivity index (χ1v) is 7.43. The molecule has 0 bridgehead atoms. The first kappa shape index (κ1) is 15.7. The maximum atomic E-state index is 13.0. The quantitative estimate of drug-likeness (QED) is 0.799. The minimum absolute atomic E-state index is 0.0719. The normalized spacial score (nSPS) is 11.3. The van der Waals surface area contributed by atoms with E-state index in [2.05, 4.69) is 42.0 Å². The molecule has 0 spiro atoms. The van der Waals surface area contributed by atoms with Crippen molar-refractivity contribution in [1.29, 1.82) is 0 Å². The van der Waals surface area contributed by atoms with Gasteiger partial charge in [-0.25, -0.2) is 4.39 Å². The summed E-state index contributed by atoms with van der Waals surface area (Å²) >= 11 is 3.20. The van der Waals surface area contributed by atoms with Crippen molar-refractivity contribution in [2.24, 2.45) is 0 Å². The van der Waals surface area contributed by atoms with Crippen molar-refractivity contribution in [3.8, 4) is 0 Å². The Morgan fingerprint density at radius 2 is 1.71 bits per heavy atom. The molecule has 0 saturated carbocycles. The van der Waals surface area contributed by atoms with Gasteiger partial charge in [-0.3, -0.25) is 4.79 Å².